The minimum Gasteiger partial charge on any atom is -0.465 e. The van der Waals surface area contributed by atoms with Gasteiger partial charge in [0.25, 0.3) is 11.6 Å². The van der Waals surface area contributed by atoms with Gasteiger partial charge < -0.3 is 10.1 Å². The maximum absolute atomic E-state index is 12.7. The molecular weight excluding hydrogens is 426 g/mol. The number of nitrogens with one attached hydrogen (secondary N) is 1. The molecule has 2 aromatic heterocycles. The number of methoxy groups -OCH3 is 1. The van der Waals surface area contributed by atoms with Crippen molar-refractivity contribution in [3.8, 4) is 6.07 Å². The normalized spacial score (nSPS) is 10.5. The van der Waals surface area contributed by atoms with E-state index >= 15 is 0 Å². The first kappa shape index (κ1) is 19.8. The third-order valence-corrected chi connectivity index (χ3v) is 6.81. The van der Waals surface area contributed by atoms with E-state index in [1.165, 1.54) is 19.2 Å². The van der Waals surface area contributed by atoms with Crippen LogP contribution in [0.5, 0.6) is 0 Å². The summed E-state index contributed by atoms with van der Waals surface area (Å²) in [4.78, 5) is 35.5. The van der Waals surface area contributed by atoms with E-state index in [0.29, 0.717) is 10.9 Å². The molecule has 1 N–H and O–H groups in total. The summed E-state index contributed by atoms with van der Waals surface area (Å²) in [5.74, 6) is -1.25. The first-order valence-electron chi connectivity index (χ1n) is 7.58. The van der Waals surface area contributed by atoms with E-state index in [1.54, 1.807) is 13.0 Å². The maximum atomic E-state index is 12.7. The number of non-ortho nitro benzene ring substituents is 1. The van der Waals surface area contributed by atoms with Gasteiger partial charge in [-0.25, -0.2) is 4.79 Å². The summed E-state index contributed by atoms with van der Waals surface area (Å²) in [5, 5.41) is 23.8. The van der Waals surface area contributed by atoms with Crippen LogP contribution >= 0.6 is 34.3 Å². The highest BCUT2D eigenvalue weighted by atomic mass is 35.5. The zero-order chi connectivity index (χ0) is 20.6. The smallest absolute Gasteiger partial charge is 0.348 e. The minimum atomic E-state index is -0.630. The number of halogens is 1. The van der Waals surface area contributed by atoms with Gasteiger partial charge in [0.15, 0.2) is 0 Å². The Morgan fingerprint density at radius 1 is 1.32 bits per heavy atom. The van der Waals surface area contributed by atoms with Gasteiger partial charge in [0, 0.05) is 11.5 Å². The number of anilines is 1. The summed E-state index contributed by atoms with van der Waals surface area (Å²) < 4.78 is 4.96. The fourth-order valence-electron chi connectivity index (χ4n) is 2.55. The zero-order valence-electron chi connectivity index (χ0n) is 14.4. The van der Waals surface area contributed by atoms with Crippen molar-refractivity contribution in [1.29, 1.82) is 5.26 Å². The van der Waals surface area contributed by atoms with Gasteiger partial charge in [-0.3, -0.25) is 14.9 Å². The number of esters is 1. The lowest BCUT2D eigenvalue weighted by molar-refractivity contribution is -0.382. The number of nitro groups is 1. The Hall–Kier alpha value is -3.00. The molecule has 1 aromatic carbocycles. The lowest BCUT2D eigenvalue weighted by Crippen LogP contribution is -2.10. The van der Waals surface area contributed by atoms with Crippen molar-refractivity contribution in [3.63, 3.8) is 0 Å². The number of carbonyl (C=O) groups excluding carboxylic acids is 2. The highest BCUT2D eigenvalue weighted by Gasteiger charge is 2.26. The molecule has 0 saturated carbocycles. The number of nitriles is 1. The topological polar surface area (TPSA) is 122 Å². The Bertz CT molecular complexity index is 1190. The molecule has 0 aliphatic rings. The molecule has 11 heteroatoms. The molecule has 3 aromatic rings. The van der Waals surface area contributed by atoms with Gasteiger partial charge in [0.2, 0.25) is 0 Å². The highest BCUT2D eigenvalue weighted by Crippen LogP contribution is 2.41. The molecule has 0 bridgehead atoms. The average Bonchev–Trinajstić information content (AvgIpc) is 3.17. The second-order valence-electron chi connectivity index (χ2n) is 5.47. The number of ether oxygens (including phenoxy) is 1. The number of hydrogen-bond acceptors (Lipinski definition) is 8. The van der Waals surface area contributed by atoms with E-state index in [9.17, 15) is 25.0 Å². The largest absolute Gasteiger partial charge is 0.465 e. The molecular formula is C17H10ClN3O5S2. The van der Waals surface area contributed by atoms with Gasteiger partial charge in [-0.1, -0.05) is 23.7 Å². The van der Waals surface area contributed by atoms with Gasteiger partial charge in [-0.05, 0) is 12.5 Å². The molecule has 0 aliphatic carbocycles. The first-order valence-corrected chi connectivity index (χ1v) is 9.59. The van der Waals surface area contributed by atoms with Crippen molar-refractivity contribution in [2.75, 3.05) is 12.4 Å². The summed E-state index contributed by atoms with van der Waals surface area (Å²) in [6.45, 7) is 1.58. The molecule has 3 rings (SSSR count). The summed E-state index contributed by atoms with van der Waals surface area (Å²) in [5.41, 5.74) is 0.385. The van der Waals surface area contributed by atoms with Crippen molar-refractivity contribution < 1.29 is 19.2 Å². The van der Waals surface area contributed by atoms with Crippen LogP contribution in [0.4, 0.5) is 10.7 Å². The van der Waals surface area contributed by atoms with Gasteiger partial charge in [0.1, 0.15) is 25.5 Å². The first-order chi connectivity index (χ1) is 13.3. The molecule has 8 nitrogen and oxygen atoms in total. The second kappa shape index (κ2) is 7.55. The Kier molecular flexibility index (Phi) is 5.33. The second-order valence-corrected chi connectivity index (χ2v) is 7.89. The predicted molar refractivity (Wildman–Crippen MR) is 107 cm³/mol. The van der Waals surface area contributed by atoms with Crippen LogP contribution in [-0.4, -0.2) is 23.9 Å². The fourth-order valence-corrected chi connectivity index (χ4v) is 5.11. The van der Waals surface area contributed by atoms with Crippen LogP contribution < -0.4 is 5.32 Å². The van der Waals surface area contributed by atoms with Crippen LogP contribution in [0.2, 0.25) is 5.02 Å². The molecule has 0 aliphatic heterocycles. The van der Waals surface area contributed by atoms with Gasteiger partial charge in [0.05, 0.1) is 22.6 Å². The lowest BCUT2D eigenvalue weighted by Gasteiger charge is -2.01. The number of fused-ring (bicyclic) bond motifs is 1. The van der Waals surface area contributed by atoms with Crippen molar-refractivity contribution >= 4 is 66.9 Å². The van der Waals surface area contributed by atoms with Crippen molar-refractivity contribution in [2.45, 2.75) is 6.92 Å². The van der Waals surface area contributed by atoms with E-state index in [0.717, 1.165) is 22.7 Å². The molecule has 0 radical (unpaired) electrons. The van der Waals surface area contributed by atoms with E-state index < -0.39 is 16.8 Å². The summed E-state index contributed by atoms with van der Waals surface area (Å²) in [6.07, 6.45) is 0. The summed E-state index contributed by atoms with van der Waals surface area (Å²) in [6, 6.07) is 6.36. The maximum Gasteiger partial charge on any atom is 0.348 e. The number of rotatable bonds is 4. The molecule has 0 saturated heterocycles. The number of amides is 1. The van der Waals surface area contributed by atoms with Crippen LogP contribution in [0.1, 0.15) is 30.5 Å². The zero-order valence-corrected chi connectivity index (χ0v) is 16.8. The van der Waals surface area contributed by atoms with Gasteiger partial charge in [-0.2, -0.15) is 5.26 Å². The van der Waals surface area contributed by atoms with Crippen LogP contribution in [-0.2, 0) is 4.74 Å². The SMILES string of the molecule is COC(=O)c1sc(NC(=O)c2sc3c([N+](=O)[O-])cccc3c2Cl)c(C#N)c1C. The van der Waals surface area contributed by atoms with Gasteiger partial charge in [-0.15, -0.1) is 22.7 Å². The highest BCUT2D eigenvalue weighted by molar-refractivity contribution is 7.22. The van der Waals surface area contributed by atoms with Crippen molar-refractivity contribution in [3.05, 3.63) is 54.2 Å². The van der Waals surface area contributed by atoms with E-state index in [2.05, 4.69) is 10.1 Å². The monoisotopic (exact) mass is 435 g/mol. The molecule has 142 valence electrons. The molecule has 2 heterocycles. The summed E-state index contributed by atoms with van der Waals surface area (Å²) >= 11 is 8.07. The molecule has 0 fully saturated rings. The van der Waals surface area contributed by atoms with E-state index in [1.807, 2.05) is 6.07 Å². The molecule has 1 amide bonds. The fraction of sp³-hybridized carbons (Fsp3) is 0.118. The Morgan fingerprint density at radius 3 is 2.64 bits per heavy atom. The standard InChI is InChI=1S/C17H10ClN3O5S2/c1-7-9(6-19)16(28-12(7)17(23)26-2)20-15(22)14-11(18)8-4-3-5-10(21(24)25)13(8)27-14/h3-5H,1-2H3,(H,20,22). The average molecular weight is 436 g/mol. The third kappa shape index (κ3) is 3.20. The van der Waals surface area contributed by atoms with Crippen LogP contribution in [0.15, 0.2) is 18.2 Å². The summed E-state index contributed by atoms with van der Waals surface area (Å²) in [7, 11) is 1.22. The van der Waals surface area contributed by atoms with E-state index in [4.69, 9.17) is 11.6 Å². The number of hydrogen-bond donors (Lipinski definition) is 1. The number of benzene rings is 1. The van der Waals surface area contributed by atoms with Crippen LogP contribution in [0, 0.1) is 28.4 Å². The number of nitrogens with zero attached hydrogens (tertiary/aromatic N) is 2. The van der Waals surface area contributed by atoms with Crippen molar-refractivity contribution in [2.24, 2.45) is 0 Å². The Labute approximate surface area is 171 Å². The van der Waals surface area contributed by atoms with Crippen LogP contribution in [0.25, 0.3) is 10.1 Å². The molecule has 28 heavy (non-hydrogen) atoms. The minimum absolute atomic E-state index is 0.0699. The quantitative estimate of drug-likeness (QED) is 0.358. The Morgan fingerprint density at radius 2 is 2.04 bits per heavy atom. The predicted octanol–water partition coefficient (Wildman–Crippen LogP) is 4.74. The van der Waals surface area contributed by atoms with Crippen LogP contribution in [0.3, 0.4) is 0 Å². The molecule has 0 spiro atoms. The number of thiophene rings is 2. The van der Waals surface area contributed by atoms with Gasteiger partial charge >= 0.3 is 5.97 Å². The number of nitro benzene ring substituents is 1. The molecule has 0 unspecified atom stereocenters. The third-order valence-electron chi connectivity index (χ3n) is 3.89. The van der Waals surface area contributed by atoms with E-state index in [-0.39, 0.29) is 35.7 Å². The number of carbonyl (C=O) groups is 2. The Balaban J connectivity index is 2.04. The van der Waals surface area contributed by atoms with Crippen molar-refractivity contribution in [1.82, 2.24) is 0 Å². The lowest BCUT2D eigenvalue weighted by atomic mass is 10.2. The molecule has 0 atom stereocenters.